The van der Waals surface area contributed by atoms with Gasteiger partial charge in [0.1, 0.15) is 5.70 Å². The van der Waals surface area contributed by atoms with Crippen LogP contribution in [-0.4, -0.2) is 12.0 Å². The van der Waals surface area contributed by atoms with Crippen molar-refractivity contribution in [3.05, 3.63) is 40.1 Å². The number of ketones is 1. The molecule has 1 aliphatic carbocycles. The second-order valence-electron chi connectivity index (χ2n) is 4.20. The fourth-order valence-corrected chi connectivity index (χ4v) is 1.94. The molecular weight excluding hydrogens is 333 g/mol. The predicted octanol–water partition coefficient (Wildman–Crippen LogP) is 3.15. The highest BCUT2D eigenvalue weighted by Gasteiger charge is 2.58. The van der Waals surface area contributed by atoms with Gasteiger partial charge in [0.05, 0.1) is 11.1 Å². The number of alkyl halides is 5. The van der Waals surface area contributed by atoms with Crippen molar-refractivity contribution in [3.63, 3.8) is 0 Å². The molecule has 0 aromatic heterocycles. The lowest BCUT2D eigenvalue weighted by Crippen LogP contribution is -2.26. The van der Waals surface area contributed by atoms with Crippen LogP contribution in [0.2, 0.25) is 0 Å². The summed E-state index contributed by atoms with van der Waals surface area (Å²) in [5.41, 5.74) is -4.50. The van der Waals surface area contributed by atoms with Crippen molar-refractivity contribution in [3.8, 4) is 0 Å². The molecule has 22 heavy (non-hydrogen) atoms. The maximum atomic E-state index is 13.6. The van der Waals surface area contributed by atoms with Gasteiger partial charge in [-0.15, -0.1) is 0 Å². The van der Waals surface area contributed by atoms with Gasteiger partial charge in [0.2, 0.25) is 5.78 Å². The Morgan fingerprint density at radius 1 is 0.909 bits per heavy atom. The molecule has 0 fully saturated rings. The number of halogens is 9. The van der Waals surface area contributed by atoms with Gasteiger partial charge in [-0.2, -0.15) is 22.0 Å². The molecule has 1 aromatic carbocycles. The molecular formula is C11H2F9NO. The summed E-state index contributed by atoms with van der Waals surface area (Å²) in [5, 5.41) is 0. The number of Topliss-reactive ketones (excluding diaryl/α,β-unsaturated/α-hetero) is 1. The smallest absolute Gasteiger partial charge is 0.394 e. The minimum atomic E-state index is -5.56. The number of carbonyl (C=O) groups is 1. The Bertz CT molecular complexity index is 732. The summed E-state index contributed by atoms with van der Waals surface area (Å²) in [6.07, 6.45) is -5.56. The van der Waals surface area contributed by atoms with Crippen LogP contribution in [0.1, 0.15) is 11.1 Å². The summed E-state index contributed by atoms with van der Waals surface area (Å²) in [6.45, 7) is 0. The fourth-order valence-electron chi connectivity index (χ4n) is 1.94. The molecule has 11 heteroatoms. The number of carbonyl (C=O) groups excluding carboxylic acids is 1. The van der Waals surface area contributed by atoms with Gasteiger partial charge in [-0.05, 0) is 0 Å². The third-order valence-electron chi connectivity index (χ3n) is 2.92. The van der Waals surface area contributed by atoms with Crippen LogP contribution in [0.3, 0.4) is 0 Å². The van der Waals surface area contributed by atoms with Gasteiger partial charge in [0.15, 0.2) is 23.3 Å². The highest BCUT2D eigenvalue weighted by atomic mass is 19.4. The average Bonchev–Trinajstić information content (AvgIpc) is 2.60. The van der Waals surface area contributed by atoms with E-state index in [0.29, 0.717) is 0 Å². The number of benzene rings is 1. The molecule has 0 radical (unpaired) electrons. The summed E-state index contributed by atoms with van der Waals surface area (Å²) in [4.78, 5) is 11.3. The van der Waals surface area contributed by atoms with Crippen molar-refractivity contribution in [1.82, 2.24) is 0 Å². The first-order valence-corrected chi connectivity index (χ1v) is 5.19. The molecule has 0 bridgehead atoms. The van der Waals surface area contributed by atoms with Gasteiger partial charge >= 0.3 is 12.1 Å². The Balaban J connectivity index is 3.04. The maximum absolute atomic E-state index is 13.6. The molecule has 0 amide bonds. The lowest BCUT2D eigenvalue weighted by Gasteiger charge is -2.11. The van der Waals surface area contributed by atoms with Crippen molar-refractivity contribution in [2.24, 2.45) is 5.73 Å². The van der Waals surface area contributed by atoms with Gasteiger partial charge < -0.3 is 5.73 Å². The zero-order valence-electron chi connectivity index (χ0n) is 9.89. The maximum Gasteiger partial charge on any atom is 0.431 e. The number of rotatable bonds is 0. The molecule has 1 aromatic rings. The van der Waals surface area contributed by atoms with E-state index in [4.69, 9.17) is 0 Å². The first-order chi connectivity index (χ1) is 9.83. The van der Waals surface area contributed by atoms with Crippen LogP contribution < -0.4 is 5.73 Å². The first-order valence-electron chi connectivity index (χ1n) is 5.19. The van der Waals surface area contributed by atoms with Gasteiger partial charge in [0.25, 0.3) is 0 Å². The zero-order chi connectivity index (χ0) is 17.2. The van der Waals surface area contributed by atoms with Crippen molar-refractivity contribution in [1.29, 1.82) is 0 Å². The highest BCUT2D eigenvalue weighted by Crippen LogP contribution is 2.50. The van der Waals surface area contributed by atoms with Gasteiger partial charge in [-0.3, -0.25) is 4.79 Å². The van der Waals surface area contributed by atoms with E-state index >= 15 is 0 Å². The van der Waals surface area contributed by atoms with E-state index in [1.807, 2.05) is 0 Å². The Hall–Kier alpha value is -2.20. The molecule has 120 valence electrons. The molecule has 0 heterocycles. The van der Waals surface area contributed by atoms with E-state index < -0.39 is 63.5 Å². The Morgan fingerprint density at radius 3 is 1.82 bits per heavy atom. The SMILES string of the molecule is NC(=C1C(=O)C(F)(F)c2c(F)c(F)c(F)c(F)c21)C(F)(F)F. The molecule has 0 unspecified atom stereocenters. The number of nitrogens with two attached hydrogens (primary N) is 1. The van der Waals surface area contributed by atoms with Crippen molar-refractivity contribution < 1.29 is 44.3 Å². The zero-order valence-corrected chi connectivity index (χ0v) is 9.89. The standard InChI is InChI=1S/C11H2F9NO/c12-4-1-2(8(21)11(18,19)20)9(22)10(16,17)3(1)5(13)7(15)6(4)14/h21H2. The van der Waals surface area contributed by atoms with E-state index in [1.165, 1.54) is 0 Å². The van der Waals surface area contributed by atoms with Crippen LogP contribution in [0.15, 0.2) is 5.70 Å². The fraction of sp³-hybridized carbons (Fsp3) is 0.182. The lowest BCUT2D eigenvalue weighted by atomic mass is 10.0. The van der Waals surface area contributed by atoms with Crippen LogP contribution in [0.25, 0.3) is 5.57 Å². The monoisotopic (exact) mass is 335 g/mol. The van der Waals surface area contributed by atoms with Crippen molar-refractivity contribution in [2.75, 3.05) is 0 Å². The molecule has 2 rings (SSSR count). The number of hydrogen-bond donors (Lipinski definition) is 1. The first kappa shape index (κ1) is 16.2. The molecule has 0 spiro atoms. The van der Waals surface area contributed by atoms with Crippen LogP contribution in [0, 0.1) is 23.3 Å². The highest BCUT2D eigenvalue weighted by molar-refractivity contribution is 6.29. The molecule has 2 nitrogen and oxygen atoms in total. The summed E-state index contributed by atoms with van der Waals surface area (Å²) in [5.74, 6) is -18.3. The molecule has 0 atom stereocenters. The van der Waals surface area contributed by atoms with Crippen LogP contribution in [-0.2, 0) is 10.7 Å². The third-order valence-corrected chi connectivity index (χ3v) is 2.92. The third kappa shape index (κ3) is 1.87. The van der Waals surface area contributed by atoms with E-state index in [0.717, 1.165) is 0 Å². The molecule has 2 N–H and O–H groups in total. The normalized spacial score (nSPS) is 19.4. The molecule has 0 saturated carbocycles. The van der Waals surface area contributed by atoms with Gasteiger partial charge in [-0.1, -0.05) is 0 Å². The van der Waals surface area contributed by atoms with E-state index in [-0.39, 0.29) is 0 Å². The predicted molar refractivity (Wildman–Crippen MR) is 52.3 cm³/mol. The second kappa shape index (κ2) is 4.40. The number of fused-ring (bicyclic) bond motifs is 1. The van der Waals surface area contributed by atoms with E-state index in [1.54, 1.807) is 0 Å². The van der Waals surface area contributed by atoms with Gasteiger partial charge in [-0.25, -0.2) is 17.6 Å². The van der Waals surface area contributed by atoms with E-state index in [9.17, 15) is 44.3 Å². The second-order valence-corrected chi connectivity index (χ2v) is 4.20. The summed E-state index contributed by atoms with van der Waals surface area (Å²) in [7, 11) is 0. The van der Waals surface area contributed by atoms with Gasteiger partial charge in [0, 0.05) is 5.56 Å². The number of allylic oxidation sites excluding steroid dienone is 2. The van der Waals surface area contributed by atoms with Crippen LogP contribution in [0.4, 0.5) is 39.5 Å². The quantitative estimate of drug-likeness (QED) is 0.343. The summed E-state index contributed by atoms with van der Waals surface area (Å²) in [6, 6.07) is 0. The minimum Gasteiger partial charge on any atom is -0.394 e. The lowest BCUT2D eigenvalue weighted by molar-refractivity contribution is -0.137. The topological polar surface area (TPSA) is 43.1 Å². The Morgan fingerprint density at radius 2 is 1.36 bits per heavy atom. The largest absolute Gasteiger partial charge is 0.431 e. The Kier molecular flexibility index (Phi) is 3.23. The van der Waals surface area contributed by atoms with E-state index in [2.05, 4.69) is 5.73 Å². The summed E-state index contributed by atoms with van der Waals surface area (Å²) < 4.78 is 118. The van der Waals surface area contributed by atoms with Crippen LogP contribution >= 0.6 is 0 Å². The average molecular weight is 335 g/mol. The number of hydrogen-bond acceptors (Lipinski definition) is 2. The summed E-state index contributed by atoms with van der Waals surface area (Å²) >= 11 is 0. The molecule has 0 saturated heterocycles. The molecule has 1 aliphatic rings. The van der Waals surface area contributed by atoms with Crippen LogP contribution in [0.5, 0.6) is 0 Å². The molecule has 0 aliphatic heterocycles. The minimum absolute atomic E-state index is 2.04. The Labute approximate surface area is 115 Å². The van der Waals surface area contributed by atoms with Crippen molar-refractivity contribution in [2.45, 2.75) is 12.1 Å². The van der Waals surface area contributed by atoms with Crippen molar-refractivity contribution >= 4 is 11.4 Å².